The van der Waals surface area contributed by atoms with Crippen LogP contribution in [0.5, 0.6) is 5.75 Å². The van der Waals surface area contributed by atoms with Gasteiger partial charge >= 0.3 is 5.97 Å². The summed E-state index contributed by atoms with van der Waals surface area (Å²) >= 11 is 0. The zero-order chi connectivity index (χ0) is 29.2. The number of carbonyl (C=O) groups is 2. The third-order valence-corrected chi connectivity index (χ3v) is 6.39. The summed E-state index contributed by atoms with van der Waals surface area (Å²) in [7, 11) is 1.64. The number of rotatable bonds is 15. The molecule has 8 heteroatoms. The summed E-state index contributed by atoms with van der Waals surface area (Å²) in [5.74, 6) is -1.19. The molecule has 0 heterocycles. The highest BCUT2D eigenvalue weighted by molar-refractivity contribution is 5.82. The van der Waals surface area contributed by atoms with Gasteiger partial charge in [-0.2, -0.15) is 0 Å². The van der Waals surface area contributed by atoms with Gasteiger partial charge in [-0.15, -0.1) is 0 Å². The van der Waals surface area contributed by atoms with E-state index < -0.39 is 25.2 Å². The Morgan fingerprint density at radius 2 is 1.45 bits per heavy atom. The van der Waals surface area contributed by atoms with Crippen LogP contribution in [-0.2, 0) is 19.1 Å². The quantitative estimate of drug-likeness (QED) is 0.230. The number of carboxylic acid groups (broad SMARTS) is 1. The number of carboxylic acids is 1. The first-order valence-electron chi connectivity index (χ1n) is 13.8. The zero-order valence-corrected chi connectivity index (χ0v) is 24.1. The van der Waals surface area contributed by atoms with Crippen LogP contribution in [0.1, 0.15) is 27.2 Å². The average molecular weight is 551 g/mol. The van der Waals surface area contributed by atoms with Crippen molar-refractivity contribution >= 4 is 23.3 Å². The predicted octanol–water partition coefficient (Wildman–Crippen LogP) is 3.13. The van der Waals surface area contributed by atoms with Crippen molar-refractivity contribution in [3.63, 3.8) is 0 Å². The van der Waals surface area contributed by atoms with Gasteiger partial charge in [-0.25, -0.2) is 4.79 Å². The Kier molecular flexibility index (Phi) is 14.9. The number of benzene rings is 3. The van der Waals surface area contributed by atoms with E-state index in [0.29, 0.717) is 13.0 Å². The standard InChI is InChI=1S/C26H27NO6.C6H15N/c1-31-22-14-12-20(13-15-22)23-10-5-6-11-24(23)27(21-8-3-2-4-9-21)16-7-17-33-26(30)19-32-18-25(28)29;1-4-7(5-2)6-3/h2-6,8-15H,7,16-19H2,1H3,(H,28,29);4-6H2,1-3H3. The van der Waals surface area contributed by atoms with Crippen LogP contribution in [0.25, 0.3) is 11.1 Å². The Morgan fingerprint density at radius 1 is 0.825 bits per heavy atom. The Labute approximate surface area is 238 Å². The van der Waals surface area contributed by atoms with Crippen molar-refractivity contribution in [2.75, 3.05) is 58.0 Å². The van der Waals surface area contributed by atoms with E-state index in [9.17, 15) is 14.7 Å². The minimum atomic E-state index is -1.38. The zero-order valence-electron chi connectivity index (χ0n) is 24.1. The lowest BCUT2D eigenvalue weighted by molar-refractivity contribution is -0.894. The Bertz CT molecular complexity index is 1130. The van der Waals surface area contributed by atoms with Crippen molar-refractivity contribution in [1.29, 1.82) is 0 Å². The minimum Gasteiger partial charge on any atom is -0.548 e. The second kappa shape index (κ2) is 18.4. The van der Waals surface area contributed by atoms with Gasteiger partial charge in [0.2, 0.25) is 0 Å². The van der Waals surface area contributed by atoms with Gasteiger partial charge in [-0.1, -0.05) is 48.5 Å². The molecule has 0 saturated carbocycles. The molecule has 0 aromatic heterocycles. The van der Waals surface area contributed by atoms with E-state index in [1.165, 1.54) is 19.6 Å². The lowest BCUT2D eigenvalue weighted by atomic mass is 10.0. The fraction of sp³-hybridized carbons (Fsp3) is 0.375. The summed E-state index contributed by atoms with van der Waals surface area (Å²) in [6.07, 6.45) is 0.568. The summed E-state index contributed by atoms with van der Waals surface area (Å²) in [4.78, 5) is 25.9. The molecule has 3 aromatic carbocycles. The van der Waals surface area contributed by atoms with Gasteiger partial charge < -0.3 is 33.9 Å². The van der Waals surface area contributed by atoms with Crippen molar-refractivity contribution < 1.29 is 33.8 Å². The molecule has 0 aliphatic carbocycles. The second-order valence-electron chi connectivity index (χ2n) is 8.98. The molecule has 1 N–H and O–H groups in total. The summed E-state index contributed by atoms with van der Waals surface area (Å²) in [5.41, 5.74) is 4.17. The summed E-state index contributed by atoms with van der Waals surface area (Å²) in [5, 5.41) is 10.3. The van der Waals surface area contributed by atoms with Crippen molar-refractivity contribution in [2.24, 2.45) is 0 Å². The average Bonchev–Trinajstić information content (AvgIpc) is 2.99. The number of nitrogens with one attached hydrogen (secondary N) is 1. The summed E-state index contributed by atoms with van der Waals surface area (Å²) in [6.45, 7) is 10.2. The molecule has 40 heavy (non-hydrogen) atoms. The molecule has 0 radical (unpaired) electrons. The molecule has 0 atom stereocenters. The van der Waals surface area contributed by atoms with Crippen molar-refractivity contribution in [1.82, 2.24) is 0 Å². The van der Waals surface area contributed by atoms with Gasteiger partial charge in [0.15, 0.2) is 0 Å². The molecule has 216 valence electrons. The topological polar surface area (TPSA) is 92.6 Å². The molecule has 0 aliphatic heterocycles. The molecule has 0 bridgehead atoms. The van der Waals surface area contributed by atoms with Gasteiger partial charge in [0.05, 0.1) is 45.9 Å². The van der Waals surface area contributed by atoms with E-state index in [1.807, 2.05) is 66.7 Å². The van der Waals surface area contributed by atoms with Crippen molar-refractivity contribution in [3.05, 3.63) is 78.9 Å². The van der Waals surface area contributed by atoms with Gasteiger partial charge in [-0.05, 0) is 63.1 Å². The Morgan fingerprint density at radius 3 is 2.02 bits per heavy atom. The van der Waals surface area contributed by atoms with Gasteiger partial charge in [0.1, 0.15) is 12.4 Å². The highest BCUT2D eigenvalue weighted by atomic mass is 16.6. The number of anilines is 2. The van der Waals surface area contributed by atoms with Crippen LogP contribution in [0, 0.1) is 0 Å². The smallest absolute Gasteiger partial charge is 0.332 e. The third kappa shape index (κ3) is 11.1. The largest absolute Gasteiger partial charge is 0.548 e. The second-order valence-corrected chi connectivity index (χ2v) is 8.98. The molecular weight excluding hydrogens is 508 g/mol. The number of ether oxygens (including phenoxy) is 3. The van der Waals surface area contributed by atoms with Crippen LogP contribution in [-0.4, -0.2) is 65.0 Å². The maximum absolute atomic E-state index is 11.7. The van der Waals surface area contributed by atoms with E-state index in [-0.39, 0.29) is 6.61 Å². The maximum atomic E-state index is 11.7. The Balaban J connectivity index is 0.000000708. The molecular formula is C32H42N2O6. The van der Waals surface area contributed by atoms with Gasteiger partial charge in [0.25, 0.3) is 0 Å². The van der Waals surface area contributed by atoms with E-state index in [2.05, 4.69) is 37.8 Å². The van der Waals surface area contributed by atoms with Gasteiger partial charge in [0, 0.05) is 23.5 Å². The molecule has 0 amide bonds. The first kappa shape index (κ1) is 32.3. The molecule has 0 unspecified atom stereocenters. The van der Waals surface area contributed by atoms with Crippen molar-refractivity contribution in [3.8, 4) is 16.9 Å². The molecule has 0 fully saturated rings. The van der Waals surface area contributed by atoms with E-state index in [4.69, 9.17) is 14.2 Å². The lowest BCUT2D eigenvalue weighted by Gasteiger charge is -2.27. The van der Waals surface area contributed by atoms with Gasteiger partial charge in [-0.3, -0.25) is 0 Å². The number of carbonyl (C=O) groups excluding carboxylic acids is 2. The number of nitrogens with zero attached hydrogens (tertiary/aromatic N) is 1. The molecule has 3 aromatic rings. The van der Waals surface area contributed by atoms with Crippen LogP contribution in [0.15, 0.2) is 78.9 Å². The number of methoxy groups -OCH3 is 1. The normalized spacial score (nSPS) is 10.4. The lowest BCUT2D eigenvalue weighted by Crippen LogP contribution is -3.11. The minimum absolute atomic E-state index is 0.182. The SMILES string of the molecule is CC[NH+](CC)CC.COc1ccc(-c2ccccc2N(CCCOC(=O)COCC(=O)[O-])c2ccccc2)cc1. The van der Waals surface area contributed by atoms with Crippen LogP contribution in [0.4, 0.5) is 11.4 Å². The number of para-hydroxylation sites is 2. The van der Waals surface area contributed by atoms with E-state index in [0.717, 1.165) is 28.3 Å². The fourth-order valence-electron chi connectivity index (χ4n) is 4.14. The first-order valence-corrected chi connectivity index (χ1v) is 13.8. The first-order chi connectivity index (χ1) is 19.4. The highest BCUT2D eigenvalue weighted by Gasteiger charge is 2.15. The number of esters is 1. The predicted molar refractivity (Wildman–Crippen MR) is 156 cm³/mol. The molecule has 3 rings (SSSR count). The number of aliphatic carboxylic acids is 1. The molecule has 0 aliphatic rings. The highest BCUT2D eigenvalue weighted by Crippen LogP contribution is 2.35. The van der Waals surface area contributed by atoms with E-state index >= 15 is 0 Å². The monoisotopic (exact) mass is 550 g/mol. The van der Waals surface area contributed by atoms with E-state index in [1.54, 1.807) is 12.0 Å². The third-order valence-electron chi connectivity index (χ3n) is 6.39. The van der Waals surface area contributed by atoms with Crippen LogP contribution in [0.2, 0.25) is 0 Å². The fourth-order valence-corrected chi connectivity index (χ4v) is 4.14. The number of hydrogen-bond donors (Lipinski definition) is 1. The van der Waals surface area contributed by atoms with Crippen LogP contribution < -0.4 is 19.6 Å². The molecule has 0 spiro atoms. The number of hydrogen-bond acceptors (Lipinski definition) is 7. The van der Waals surface area contributed by atoms with Crippen molar-refractivity contribution in [2.45, 2.75) is 27.2 Å². The summed E-state index contributed by atoms with van der Waals surface area (Å²) < 4.78 is 15.1. The Hall–Kier alpha value is -3.88. The molecule has 0 saturated heterocycles. The van der Waals surface area contributed by atoms with Crippen LogP contribution >= 0.6 is 0 Å². The summed E-state index contributed by atoms with van der Waals surface area (Å²) in [6, 6.07) is 26.0. The maximum Gasteiger partial charge on any atom is 0.332 e. The number of quaternary nitrogens is 1. The molecule has 8 nitrogen and oxygen atoms in total. The van der Waals surface area contributed by atoms with Crippen LogP contribution in [0.3, 0.4) is 0 Å².